The molecule has 0 heterocycles. The summed E-state index contributed by atoms with van der Waals surface area (Å²) in [5, 5.41) is 3.50. The van der Waals surface area contributed by atoms with Gasteiger partial charge in [0.25, 0.3) is 0 Å². The van der Waals surface area contributed by atoms with Gasteiger partial charge in [0.2, 0.25) is 0 Å². The minimum absolute atomic E-state index is 0.370. The summed E-state index contributed by atoms with van der Waals surface area (Å²) in [6, 6.07) is 27.0. The molecule has 3 aromatic rings. The van der Waals surface area contributed by atoms with Gasteiger partial charge in [-0.15, -0.1) is 0 Å². The van der Waals surface area contributed by atoms with Gasteiger partial charge in [-0.2, -0.15) is 0 Å². The summed E-state index contributed by atoms with van der Waals surface area (Å²) in [7, 11) is 0. The second-order valence-corrected chi connectivity index (χ2v) is 10.8. The number of hydrazine groups is 2. The second-order valence-electron chi connectivity index (χ2n) is 10.8. The van der Waals surface area contributed by atoms with Gasteiger partial charge in [0.1, 0.15) is 11.2 Å². The average molecular weight is 519 g/mol. The third kappa shape index (κ3) is 9.35. The molecule has 38 heavy (non-hydrogen) atoms. The summed E-state index contributed by atoms with van der Waals surface area (Å²) in [5.41, 5.74) is 8.02. The van der Waals surface area contributed by atoms with Gasteiger partial charge in [0.05, 0.1) is 24.5 Å². The van der Waals surface area contributed by atoms with Crippen molar-refractivity contribution in [3.05, 3.63) is 96.1 Å². The van der Waals surface area contributed by atoms with Crippen LogP contribution < -0.4 is 20.9 Å². The summed E-state index contributed by atoms with van der Waals surface area (Å²) >= 11 is 0. The monoisotopic (exact) mass is 518 g/mol. The van der Waals surface area contributed by atoms with Crippen LogP contribution in [-0.2, 0) is 22.6 Å². The molecule has 0 aliphatic heterocycles. The standard InChI is InChI=1S/C30H38N4O4/c1-29(2,3)37-27(35)31-33(25-17-9-7-10-18-25)21-23-15-13-14-16-24(23)22-34(26-19-11-8-12-20-26)32-28(36)38-30(4,5)6/h7-20H,21-22H2,1-6H3,(H,31,35)(H,32,36). The zero-order chi connectivity index (χ0) is 27.8. The predicted molar refractivity (Wildman–Crippen MR) is 150 cm³/mol. The number of amides is 2. The van der Waals surface area contributed by atoms with Crippen molar-refractivity contribution >= 4 is 23.6 Å². The molecule has 8 nitrogen and oxygen atoms in total. The highest BCUT2D eigenvalue weighted by atomic mass is 16.6. The molecule has 0 aromatic heterocycles. The molecular formula is C30H38N4O4. The Hall–Kier alpha value is -4.20. The third-order valence-electron chi connectivity index (χ3n) is 5.16. The molecule has 0 saturated heterocycles. The lowest BCUT2D eigenvalue weighted by Crippen LogP contribution is -2.46. The van der Waals surface area contributed by atoms with Crippen molar-refractivity contribution in [3.63, 3.8) is 0 Å². The number of nitrogens with zero attached hydrogens (tertiary/aromatic N) is 2. The topological polar surface area (TPSA) is 83.1 Å². The van der Waals surface area contributed by atoms with Crippen LogP contribution in [0.5, 0.6) is 0 Å². The Balaban J connectivity index is 1.88. The Labute approximate surface area is 225 Å². The van der Waals surface area contributed by atoms with E-state index in [0.717, 1.165) is 22.5 Å². The van der Waals surface area contributed by atoms with E-state index in [2.05, 4.69) is 10.9 Å². The van der Waals surface area contributed by atoms with Crippen LogP contribution in [-0.4, -0.2) is 23.4 Å². The first-order valence-corrected chi connectivity index (χ1v) is 12.6. The number of rotatable bonds is 8. The van der Waals surface area contributed by atoms with Crippen LogP contribution in [0.2, 0.25) is 0 Å². The van der Waals surface area contributed by atoms with Crippen molar-refractivity contribution in [2.75, 3.05) is 10.0 Å². The van der Waals surface area contributed by atoms with E-state index in [0.29, 0.717) is 13.1 Å². The van der Waals surface area contributed by atoms with Gasteiger partial charge in [-0.3, -0.25) is 10.0 Å². The van der Waals surface area contributed by atoms with Crippen molar-refractivity contribution in [2.24, 2.45) is 0 Å². The zero-order valence-electron chi connectivity index (χ0n) is 23.0. The summed E-state index contributed by atoms with van der Waals surface area (Å²) < 4.78 is 11.0. The van der Waals surface area contributed by atoms with Gasteiger partial charge in [-0.05, 0) is 76.9 Å². The number of para-hydroxylation sites is 2. The molecule has 3 rings (SSSR count). The maximum Gasteiger partial charge on any atom is 0.426 e. The van der Waals surface area contributed by atoms with Gasteiger partial charge in [-0.1, -0.05) is 60.7 Å². The van der Waals surface area contributed by atoms with Crippen LogP contribution >= 0.6 is 0 Å². The van der Waals surface area contributed by atoms with Crippen LogP contribution in [0, 0.1) is 0 Å². The Morgan fingerprint density at radius 3 is 1.21 bits per heavy atom. The number of hydrogen-bond donors (Lipinski definition) is 2. The fourth-order valence-electron chi connectivity index (χ4n) is 3.64. The minimum Gasteiger partial charge on any atom is -0.443 e. The highest BCUT2D eigenvalue weighted by Crippen LogP contribution is 2.22. The van der Waals surface area contributed by atoms with Crippen LogP contribution in [0.4, 0.5) is 21.0 Å². The van der Waals surface area contributed by atoms with Crippen LogP contribution in [0.15, 0.2) is 84.9 Å². The summed E-state index contributed by atoms with van der Waals surface area (Å²) in [6.45, 7) is 11.7. The molecule has 0 unspecified atom stereocenters. The van der Waals surface area contributed by atoms with Crippen molar-refractivity contribution in [1.82, 2.24) is 10.9 Å². The van der Waals surface area contributed by atoms with Crippen LogP contribution in [0.3, 0.4) is 0 Å². The van der Waals surface area contributed by atoms with Crippen molar-refractivity contribution in [1.29, 1.82) is 0 Å². The molecular weight excluding hydrogens is 480 g/mol. The molecule has 3 aromatic carbocycles. The molecule has 0 saturated carbocycles. The Kier molecular flexibility index (Phi) is 9.23. The maximum atomic E-state index is 12.7. The van der Waals surface area contributed by atoms with Crippen molar-refractivity contribution in [3.8, 4) is 0 Å². The highest BCUT2D eigenvalue weighted by molar-refractivity contribution is 5.71. The number of nitrogens with one attached hydrogen (secondary N) is 2. The van der Waals surface area contributed by atoms with Gasteiger partial charge >= 0.3 is 12.2 Å². The first-order chi connectivity index (χ1) is 17.9. The number of benzene rings is 3. The van der Waals surface area contributed by atoms with Gasteiger partial charge in [-0.25, -0.2) is 20.4 Å². The third-order valence-corrected chi connectivity index (χ3v) is 5.16. The number of carbonyl (C=O) groups is 2. The Bertz CT molecular complexity index is 1090. The molecule has 8 heteroatoms. The Morgan fingerprint density at radius 2 is 0.895 bits per heavy atom. The lowest BCUT2D eigenvalue weighted by molar-refractivity contribution is 0.0507. The van der Waals surface area contributed by atoms with E-state index >= 15 is 0 Å². The van der Waals surface area contributed by atoms with E-state index in [-0.39, 0.29) is 0 Å². The number of anilines is 2. The number of carbonyl (C=O) groups excluding carboxylic acids is 2. The van der Waals surface area contributed by atoms with Gasteiger partial charge < -0.3 is 9.47 Å². The molecule has 0 spiro atoms. The lowest BCUT2D eigenvalue weighted by Gasteiger charge is -2.30. The van der Waals surface area contributed by atoms with Crippen molar-refractivity contribution in [2.45, 2.75) is 65.8 Å². The fraction of sp³-hybridized carbons (Fsp3) is 0.333. The Morgan fingerprint density at radius 1 is 0.579 bits per heavy atom. The summed E-state index contributed by atoms with van der Waals surface area (Å²) in [5.74, 6) is 0. The zero-order valence-corrected chi connectivity index (χ0v) is 23.0. The van der Waals surface area contributed by atoms with E-state index in [1.807, 2.05) is 126 Å². The second kappa shape index (κ2) is 12.4. The highest BCUT2D eigenvalue weighted by Gasteiger charge is 2.22. The number of hydrogen-bond acceptors (Lipinski definition) is 6. The van der Waals surface area contributed by atoms with E-state index in [1.165, 1.54) is 0 Å². The van der Waals surface area contributed by atoms with Crippen LogP contribution in [0.1, 0.15) is 52.7 Å². The van der Waals surface area contributed by atoms with E-state index in [4.69, 9.17) is 9.47 Å². The molecule has 0 fully saturated rings. The molecule has 0 radical (unpaired) electrons. The predicted octanol–water partition coefficient (Wildman–Crippen LogP) is 6.58. The fourth-order valence-corrected chi connectivity index (χ4v) is 3.64. The van der Waals surface area contributed by atoms with E-state index < -0.39 is 23.4 Å². The number of ether oxygens (including phenoxy) is 2. The molecule has 0 bridgehead atoms. The first kappa shape index (κ1) is 28.4. The largest absolute Gasteiger partial charge is 0.443 e. The molecule has 0 aliphatic rings. The van der Waals surface area contributed by atoms with E-state index in [9.17, 15) is 9.59 Å². The normalized spacial score (nSPS) is 11.3. The van der Waals surface area contributed by atoms with Gasteiger partial charge in [0, 0.05) is 0 Å². The minimum atomic E-state index is -0.631. The molecule has 2 amide bonds. The SMILES string of the molecule is CC(C)(C)OC(=O)NN(Cc1ccccc1CN(NC(=O)OC(C)(C)C)c1ccccc1)c1ccccc1. The summed E-state index contributed by atoms with van der Waals surface area (Å²) in [4.78, 5) is 25.3. The quantitative estimate of drug-likeness (QED) is 0.328. The molecule has 0 atom stereocenters. The first-order valence-electron chi connectivity index (χ1n) is 12.6. The molecule has 2 N–H and O–H groups in total. The lowest BCUT2D eigenvalue weighted by atomic mass is 10.1. The summed E-state index contributed by atoms with van der Waals surface area (Å²) in [6.07, 6.45) is -1.09. The van der Waals surface area contributed by atoms with E-state index in [1.54, 1.807) is 10.0 Å². The average Bonchev–Trinajstić information content (AvgIpc) is 2.83. The molecule has 202 valence electrons. The van der Waals surface area contributed by atoms with Crippen LogP contribution in [0.25, 0.3) is 0 Å². The van der Waals surface area contributed by atoms with Crippen molar-refractivity contribution < 1.29 is 19.1 Å². The smallest absolute Gasteiger partial charge is 0.426 e. The van der Waals surface area contributed by atoms with Gasteiger partial charge in [0.15, 0.2) is 0 Å². The maximum absolute atomic E-state index is 12.7. The molecule has 0 aliphatic carbocycles.